The van der Waals surface area contributed by atoms with Crippen LogP contribution in [0.3, 0.4) is 0 Å². The molecule has 0 spiro atoms. The van der Waals surface area contributed by atoms with Crippen LogP contribution in [0.4, 0.5) is 27.6 Å². The highest BCUT2D eigenvalue weighted by molar-refractivity contribution is 6.03. The Morgan fingerprint density at radius 3 is 2.53 bits per heavy atom. The fourth-order valence-electron chi connectivity index (χ4n) is 1.41. The molecule has 0 bridgehead atoms. The van der Waals surface area contributed by atoms with Gasteiger partial charge in [0.2, 0.25) is 0 Å². The first-order valence-corrected chi connectivity index (χ1v) is 4.91. The van der Waals surface area contributed by atoms with E-state index in [1.54, 1.807) is 5.32 Å². The van der Waals surface area contributed by atoms with E-state index >= 15 is 0 Å². The number of benzene rings is 1. The summed E-state index contributed by atoms with van der Waals surface area (Å²) in [4.78, 5) is 11.0. The van der Waals surface area contributed by atoms with Crippen LogP contribution in [0.15, 0.2) is 24.4 Å². The lowest BCUT2D eigenvalue weighted by atomic mass is 10.2. The van der Waals surface area contributed by atoms with E-state index in [0.29, 0.717) is 5.52 Å². The molecule has 2 aromatic rings. The highest BCUT2D eigenvalue weighted by Gasteiger charge is 2.63. The summed E-state index contributed by atoms with van der Waals surface area (Å²) in [6.07, 6.45) is -4.74. The lowest BCUT2D eigenvalue weighted by Gasteiger charge is -2.18. The number of nitrogens with zero attached hydrogens (tertiary/aromatic N) is 1. The van der Waals surface area contributed by atoms with Gasteiger partial charge in [-0.2, -0.15) is 27.1 Å². The Hall–Kier alpha value is -2.19. The highest BCUT2D eigenvalue weighted by atomic mass is 19.4. The molecule has 0 unspecified atom stereocenters. The van der Waals surface area contributed by atoms with Gasteiger partial charge in [-0.05, 0) is 12.1 Å². The molecule has 1 aromatic carbocycles. The van der Waals surface area contributed by atoms with Gasteiger partial charge >= 0.3 is 18.0 Å². The first-order chi connectivity index (χ1) is 8.73. The number of halogens is 5. The maximum atomic E-state index is 12.8. The van der Waals surface area contributed by atoms with Crippen molar-refractivity contribution in [3.63, 3.8) is 0 Å². The Morgan fingerprint density at radius 2 is 1.89 bits per heavy atom. The molecule has 0 aliphatic rings. The van der Waals surface area contributed by atoms with E-state index in [9.17, 15) is 26.7 Å². The molecule has 9 heteroatoms. The quantitative estimate of drug-likeness (QED) is 0.830. The molecule has 2 rings (SSSR count). The van der Waals surface area contributed by atoms with Gasteiger partial charge in [0.05, 0.1) is 17.4 Å². The average molecular weight is 279 g/mol. The first-order valence-electron chi connectivity index (χ1n) is 4.91. The minimum Gasteiger partial charge on any atom is -0.320 e. The van der Waals surface area contributed by atoms with Gasteiger partial charge in [0.15, 0.2) is 0 Å². The molecule has 0 aliphatic heterocycles. The van der Waals surface area contributed by atoms with E-state index in [1.165, 1.54) is 24.4 Å². The zero-order valence-electron chi connectivity index (χ0n) is 9.05. The molecule has 102 valence electrons. The smallest absolute Gasteiger partial charge is 0.320 e. The number of carbonyl (C=O) groups excluding carboxylic acids is 1. The van der Waals surface area contributed by atoms with Crippen LogP contribution < -0.4 is 5.32 Å². The van der Waals surface area contributed by atoms with Crippen molar-refractivity contribution >= 4 is 22.5 Å². The number of nitrogens with one attached hydrogen (secondary N) is 2. The van der Waals surface area contributed by atoms with Crippen LogP contribution in [0.1, 0.15) is 0 Å². The summed E-state index contributed by atoms with van der Waals surface area (Å²) < 4.78 is 61.6. The van der Waals surface area contributed by atoms with E-state index in [0.717, 1.165) is 0 Å². The summed E-state index contributed by atoms with van der Waals surface area (Å²) in [6.45, 7) is 0. The predicted molar refractivity (Wildman–Crippen MR) is 55.7 cm³/mol. The molecular formula is C10H6F5N3O. The lowest BCUT2D eigenvalue weighted by Crippen LogP contribution is -2.47. The van der Waals surface area contributed by atoms with Crippen molar-refractivity contribution in [2.75, 3.05) is 5.32 Å². The predicted octanol–water partition coefficient (Wildman–Crippen LogP) is 2.70. The van der Waals surface area contributed by atoms with E-state index in [1.807, 2.05) is 0 Å². The number of anilines is 1. The number of rotatable bonds is 2. The summed E-state index contributed by atoms with van der Waals surface area (Å²) >= 11 is 0. The van der Waals surface area contributed by atoms with E-state index < -0.39 is 18.0 Å². The molecule has 2 N–H and O–H groups in total. The van der Waals surface area contributed by atoms with Gasteiger partial charge in [0.25, 0.3) is 0 Å². The zero-order valence-corrected chi connectivity index (χ0v) is 9.05. The normalized spacial score (nSPS) is 12.7. The SMILES string of the molecule is O=C(Nc1cccc2[nH]ncc12)C(F)(F)C(F)(F)F. The fourth-order valence-corrected chi connectivity index (χ4v) is 1.41. The lowest BCUT2D eigenvalue weighted by molar-refractivity contribution is -0.267. The number of aromatic amines is 1. The third kappa shape index (κ3) is 2.23. The summed E-state index contributed by atoms with van der Waals surface area (Å²) in [5.41, 5.74) is 0.216. The molecule has 0 fully saturated rings. The number of alkyl halides is 5. The van der Waals surface area contributed by atoms with Crippen molar-refractivity contribution in [1.29, 1.82) is 0 Å². The Kier molecular flexibility index (Phi) is 2.91. The zero-order chi connectivity index (χ0) is 14.3. The molecule has 4 nitrogen and oxygen atoms in total. The molecule has 0 radical (unpaired) electrons. The van der Waals surface area contributed by atoms with Gasteiger partial charge in [-0.3, -0.25) is 9.89 Å². The first kappa shape index (κ1) is 13.2. The van der Waals surface area contributed by atoms with Crippen LogP contribution in [-0.2, 0) is 4.79 Å². The topological polar surface area (TPSA) is 57.8 Å². The standard InChI is InChI=1S/C10H6F5N3O/c11-9(12,10(13,14)15)8(19)17-6-2-1-3-7-5(6)4-16-18-7/h1-4H,(H,16,18)(H,17,19). The third-order valence-corrected chi connectivity index (χ3v) is 2.37. The van der Waals surface area contributed by atoms with Gasteiger partial charge in [0, 0.05) is 5.39 Å². The van der Waals surface area contributed by atoms with Gasteiger partial charge in [-0.1, -0.05) is 6.07 Å². The Balaban J connectivity index is 2.31. The van der Waals surface area contributed by atoms with Gasteiger partial charge in [0.1, 0.15) is 0 Å². The van der Waals surface area contributed by atoms with E-state index in [2.05, 4.69) is 10.2 Å². The van der Waals surface area contributed by atoms with Crippen LogP contribution >= 0.6 is 0 Å². The number of H-pyrrole nitrogens is 1. The van der Waals surface area contributed by atoms with Crippen LogP contribution in [0, 0.1) is 0 Å². The second kappa shape index (κ2) is 4.18. The van der Waals surface area contributed by atoms with Crippen LogP contribution in [0.2, 0.25) is 0 Å². The summed E-state index contributed by atoms with van der Waals surface area (Å²) in [5, 5.41) is 7.86. The van der Waals surface area contributed by atoms with Crippen LogP contribution in [-0.4, -0.2) is 28.2 Å². The molecule has 19 heavy (non-hydrogen) atoms. The number of amides is 1. The third-order valence-electron chi connectivity index (χ3n) is 2.37. The average Bonchev–Trinajstić information content (AvgIpc) is 2.76. The monoisotopic (exact) mass is 279 g/mol. The second-order valence-electron chi connectivity index (χ2n) is 3.66. The molecule has 0 saturated carbocycles. The van der Waals surface area contributed by atoms with Gasteiger partial charge < -0.3 is 5.32 Å². The molecule has 1 aromatic heterocycles. The Bertz CT molecular complexity index is 619. The number of hydrogen-bond donors (Lipinski definition) is 2. The van der Waals surface area contributed by atoms with Crippen molar-refractivity contribution < 1.29 is 26.7 Å². The molecule has 1 heterocycles. The summed E-state index contributed by atoms with van der Waals surface area (Å²) in [5.74, 6) is -7.90. The van der Waals surface area contributed by atoms with Crippen LogP contribution in [0.25, 0.3) is 10.9 Å². The molecule has 0 aliphatic carbocycles. The summed E-state index contributed by atoms with van der Waals surface area (Å²) in [6, 6.07) is 4.10. The van der Waals surface area contributed by atoms with Gasteiger partial charge in [-0.25, -0.2) is 0 Å². The molecule has 1 amide bonds. The van der Waals surface area contributed by atoms with Crippen molar-refractivity contribution in [2.24, 2.45) is 0 Å². The Morgan fingerprint density at radius 1 is 1.21 bits per heavy atom. The van der Waals surface area contributed by atoms with E-state index in [-0.39, 0.29) is 11.1 Å². The van der Waals surface area contributed by atoms with Gasteiger partial charge in [-0.15, -0.1) is 0 Å². The van der Waals surface area contributed by atoms with Crippen molar-refractivity contribution in [1.82, 2.24) is 10.2 Å². The number of fused-ring (bicyclic) bond motifs is 1. The van der Waals surface area contributed by atoms with E-state index in [4.69, 9.17) is 0 Å². The van der Waals surface area contributed by atoms with Crippen molar-refractivity contribution in [3.05, 3.63) is 24.4 Å². The number of aromatic nitrogens is 2. The molecule has 0 saturated heterocycles. The minimum absolute atomic E-state index is 0.180. The van der Waals surface area contributed by atoms with Crippen molar-refractivity contribution in [3.8, 4) is 0 Å². The number of hydrogen-bond acceptors (Lipinski definition) is 2. The Labute approximate surface area is 102 Å². The second-order valence-corrected chi connectivity index (χ2v) is 3.66. The molecular weight excluding hydrogens is 273 g/mol. The minimum atomic E-state index is -5.94. The largest absolute Gasteiger partial charge is 0.463 e. The maximum Gasteiger partial charge on any atom is 0.463 e. The summed E-state index contributed by atoms with van der Waals surface area (Å²) in [7, 11) is 0. The van der Waals surface area contributed by atoms with Crippen LogP contribution in [0.5, 0.6) is 0 Å². The molecule has 0 atom stereocenters. The number of carbonyl (C=O) groups is 1. The van der Waals surface area contributed by atoms with Crippen molar-refractivity contribution in [2.45, 2.75) is 12.1 Å². The highest BCUT2D eigenvalue weighted by Crippen LogP contribution is 2.36. The maximum absolute atomic E-state index is 12.8. The fraction of sp³-hybridized carbons (Fsp3) is 0.200.